The molecule has 0 aliphatic carbocycles. The molecule has 25 heavy (non-hydrogen) atoms. The lowest BCUT2D eigenvalue weighted by molar-refractivity contribution is 0.0784. The number of carbonyl (C=O) groups is 2. The van der Waals surface area contributed by atoms with E-state index in [-0.39, 0.29) is 26.9 Å². The Morgan fingerprint density at radius 3 is 2.44 bits per heavy atom. The van der Waals surface area contributed by atoms with Crippen LogP contribution < -0.4 is 0 Å². The number of amides is 2. The van der Waals surface area contributed by atoms with Gasteiger partial charge in [0.25, 0.3) is 5.91 Å². The van der Waals surface area contributed by atoms with E-state index in [4.69, 9.17) is 28.3 Å². The Bertz CT molecular complexity index is 1000. The Labute approximate surface area is 151 Å². The fourth-order valence-corrected chi connectivity index (χ4v) is 2.86. The highest BCUT2D eigenvalue weighted by Crippen LogP contribution is 2.31. The van der Waals surface area contributed by atoms with Crippen molar-refractivity contribution >= 4 is 40.7 Å². The molecule has 0 saturated carbocycles. The fourth-order valence-electron chi connectivity index (χ4n) is 2.35. The van der Waals surface area contributed by atoms with E-state index in [0.717, 1.165) is 7.05 Å². The zero-order valence-electron chi connectivity index (χ0n) is 12.7. The minimum absolute atomic E-state index is 0.000841. The van der Waals surface area contributed by atoms with Crippen LogP contribution in [0.2, 0.25) is 10.2 Å². The topological polar surface area (TPSA) is 74.9 Å². The minimum atomic E-state index is -1.43. The van der Waals surface area contributed by atoms with Crippen molar-refractivity contribution in [2.24, 2.45) is 0 Å². The number of carbonyl (C=O) groups excluding carboxylic acids is 1. The van der Waals surface area contributed by atoms with Crippen LogP contribution in [0, 0.1) is 5.82 Å². The second-order valence-electron chi connectivity index (χ2n) is 5.17. The molecule has 0 saturated heterocycles. The maximum Gasteiger partial charge on any atom is 0.414 e. The quantitative estimate of drug-likeness (QED) is 0.675. The highest BCUT2D eigenvalue weighted by molar-refractivity contribution is 6.34. The van der Waals surface area contributed by atoms with Crippen molar-refractivity contribution in [1.29, 1.82) is 0 Å². The molecule has 3 rings (SSSR count). The van der Waals surface area contributed by atoms with Crippen LogP contribution in [0.15, 0.2) is 36.4 Å². The summed E-state index contributed by atoms with van der Waals surface area (Å²) in [6.07, 6.45) is -1.43. The van der Waals surface area contributed by atoms with E-state index in [2.05, 4.69) is 5.10 Å². The second-order valence-corrected chi connectivity index (χ2v) is 5.99. The SMILES string of the molecule is CN(C(=O)O)C(=O)c1c(-c2ccc(F)cc2)nn2c(Cl)cc(Cl)cc12. The highest BCUT2D eigenvalue weighted by atomic mass is 35.5. The maximum atomic E-state index is 13.2. The molecular weight excluding hydrogens is 372 g/mol. The van der Waals surface area contributed by atoms with Gasteiger partial charge in [-0.15, -0.1) is 0 Å². The zero-order valence-corrected chi connectivity index (χ0v) is 14.2. The van der Waals surface area contributed by atoms with Crippen LogP contribution in [-0.4, -0.2) is 38.7 Å². The average Bonchev–Trinajstić information content (AvgIpc) is 2.93. The van der Waals surface area contributed by atoms with Crippen molar-refractivity contribution in [2.75, 3.05) is 7.05 Å². The molecule has 1 aromatic carbocycles. The molecule has 0 spiro atoms. The number of fused-ring (bicyclic) bond motifs is 1. The second kappa shape index (κ2) is 6.34. The number of hydrogen-bond donors (Lipinski definition) is 1. The van der Waals surface area contributed by atoms with E-state index in [1.165, 1.54) is 40.9 Å². The van der Waals surface area contributed by atoms with Gasteiger partial charge in [-0.2, -0.15) is 5.10 Å². The van der Waals surface area contributed by atoms with Crippen molar-refractivity contribution in [3.63, 3.8) is 0 Å². The van der Waals surface area contributed by atoms with Crippen molar-refractivity contribution in [3.05, 3.63) is 58.0 Å². The van der Waals surface area contributed by atoms with Crippen molar-refractivity contribution in [2.45, 2.75) is 0 Å². The van der Waals surface area contributed by atoms with Crippen LogP contribution in [0.5, 0.6) is 0 Å². The number of halogens is 3. The molecule has 2 heterocycles. The Morgan fingerprint density at radius 1 is 1.20 bits per heavy atom. The number of pyridine rings is 1. The van der Waals surface area contributed by atoms with Gasteiger partial charge in [-0.05, 0) is 36.4 Å². The molecule has 6 nitrogen and oxygen atoms in total. The highest BCUT2D eigenvalue weighted by Gasteiger charge is 2.27. The molecule has 2 aromatic heterocycles. The van der Waals surface area contributed by atoms with Crippen molar-refractivity contribution in [3.8, 4) is 11.3 Å². The number of rotatable bonds is 2. The molecule has 0 atom stereocenters. The first-order valence-electron chi connectivity index (χ1n) is 6.94. The van der Waals surface area contributed by atoms with Gasteiger partial charge in [0.05, 0.1) is 11.1 Å². The van der Waals surface area contributed by atoms with E-state index < -0.39 is 17.8 Å². The lowest BCUT2D eigenvalue weighted by atomic mass is 10.1. The summed E-state index contributed by atoms with van der Waals surface area (Å²) in [5, 5.41) is 13.8. The van der Waals surface area contributed by atoms with Crippen LogP contribution in [0.25, 0.3) is 16.8 Å². The standard InChI is InChI=1S/C16H10Cl2FN3O3/c1-21(16(24)25)15(23)13-11-6-9(17)7-12(18)22(11)20-14(13)8-2-4-10(19)5-3-8/h2-7H,1H3,(H,24,25). The maximum absolute atomic E-state index is 13.2. The summed E-state index contributed by atoms with van der Waals surface area (Å²) >= 11 is 12.1. The lowest BCUT2D eigenvalue weighted by Gasteiger charge is -2.11. The Hall–Kier alpha value is -2.64. The minimum Gasteiger partial charge on any atom is -0.465 e. The third-order valence-corrected chi connectivity index (χ3v) is 4.07. The molecule has 0 fully saturated rings. The number of nitrogens with zero attached hydrogens (tertiary/aromatic N) is 3. The molecule has 2 amide bonds. The van der Waals surface area contributed by atoms with Crippen LogP contribution in [-0.2, 0) is 0 Å². The predicted molar refractivity (Wildman–Crippen MR) is 90.7 cm³/mol. The van der Waals surface area contributed by atoms with Gasteiger partial charge in [-0.1, -0.05) is 23.2 Å². The molecule has 3 aromatic rings. The summed E-state index contributed by atoms with van der Waals surface area (Å²) in [6, 6.07) is 8.18. The van der Waals surface area contributed by atoms with Crippen LogP contribution >= 0.6 is 23.2 Å². The fraction of sp³-hybridized carbons (Fsp3) is 0.0625. The molecular formula is C16H10Cl2FN3O3. The monoisotopic (exact) mass is 381 g/mol. The molecule has 0 aliphatic heterocycles. The Kier molecular flexibility index (Phi) is 4.36. The van der Waals surface area contributed by atoms with Crippen LogP contribution in [0.1, 0.15) is 10.4 Å². The van der Waals surface area contributed by atoms with Crippen molar-refractivity contribution in [1.82, 2.24) is 14.5 Å². The third-order valence-electron chi connectivity index (χ3n) is 3.58. The van der Waals surface area contributed by atoms with Gasteiger partial charge in [0.15, 0.2) is 0 Å². The van der Waals surface area contributed by atoms with E-state index in [0.29, 0.717) is 10.5 Å². The summed E-state index contributed by atoms with van der Waals surface area (Å²) in [7, 11) is 1.12. The molecule has 0 aliphatic rings. The summed E-state index contributed by atoms with van der Waals surface area (Å²) in [5.41, 5.74) is 0.845. The van der Waals surface area contributed by atoms with Gasteiger partial charge >= 0.3 is 6.09 Å². The summed E-state index contributed by atoms with van der Waals surface area (Å²) in [5.74, 6) is -1.26. The number of imide groups is 1. The average molecular weight is 382 g/mol. The molecule has 0 bridgehead atoms. The summed E-state index contributed by atoms with van der Waals surface area (Å²) in [4.78, 5) is 24.4. The van der Waals surface area contributed by atoms with Gasteiger partial charge < -0.3 is 5.11 Å². The summed E-state index contributed by atoms with van der Waals surface area (Å²) in [6.45, 7) is 0. The molecule has 0 radical (unpaired) electrons. The van der Waals surface area contributed by atoms with Gasteiger partial charge in [0, 0.05) is 17.6 Å². The van der Waals surface area contributed by atoms with Gasteiger partial charge in [-0.3, -0.25) is 4.79 Å². The van der Waals surface area contributed by atoms with Gasteiger partial charge in [0.1, 0.15) is 16.7 Å². The number of hydrogen-bond acceptors (Lipinski definition) is 3. The lowest BCUT2D eigenvalue weighted by Crippen LogP contribution is -2.31. The molecule has 0 unspecified atom stereocenters. The molecule has 1 N–H and O–H groups in total. The van der Waals surface area contributed by atoms with Crippen molar-refractivity contribution < 1.29 is 19.1 Å². The first-order chi connectivity index (χ1) is 11.8. The predicted octanol–water partition coefficient (Wildman–Crippen LogP) is 4.20. The van der Waals surface area contributed by atoms with Crippen LogP contribution in [0.4, 0.5) is 9.18 Å². The first kappa shape index (κ1) is 17.2. The largest absolute Gasteiger partial charge is 0.465 e. The zero-order chi connectivity index (χ0) is 18.3. The van der Waals surface area contributed by atoms with E-state index >= 15 is 0 Å². The molecule has 9 heteroatoms. The number of benzene rings is 1. The number of aromatic nitrogens is 2. The normalized spacial score (nSPS) is 10.9. The van der Waals surface area contributed by atoms with Crippen LogP contribution in [0.3, 0.4) is 0 Å². The summed E-state index contributed by atoms with van der Waals surface area (Å²) < 4.78 is 14.5. The molecule has 128 valence electrons. The van der Waals surface area contributed by atoms with E-state index in [9.17, 15) is 14.0 Å². The Morgan fingerprint density at radius 2 is 1.84 bits per heavy atom. The van der Waals surface area contributed by atoms with Gasteiger partial charge in [-0.25, -0.2) is 18.6 Å². The third kappa shape index (κ3) is 3.04. The van der Waals surface area contributed by atoms with Gasteiger partial charge in [0.2, 0.25) is 0 Å². The van der Waals surface area contributed by atoms with E-state index in [1.807, 2.05) is 0 Å². The van der Waals surface area contributed by atoms with E-state index in [1.54, 1.807) is 0 Å². The Balaban J connectivity index is 2.34. The first-order valence-corrected chi connectivity index (χ1v) is 7.70. The number of carboxylic acid groups (broad SMARTS) is 1. The smallest absolute Gasteiger partial charge is 0.414 e.